The van der Waals surface area contributed by atoms with Gasteiger partial charge >= 0.3 is 5.97 Å². The Bertz CT molecular complexity index is 976. The zero-order valence-corrected chi connectivity index (χ0v) is 17.4. The quantitative estimate of drug-likeness (QED) is 0.364. The van der Waals surface area contributed by atoms with Crippen LogP contribution >= 0.6 is 22.6 Å². The molecule has 0 spiro atoms. The topological polar surface area (TPSA) is 116 Å². The van der Waals surface area contributed by atoms with Crippen molar-refractivity contribution in [2.24, 2.45) is 0 Å². The number of nitrogens with zero attached hydrogens (tertiary/aromatic N) is 4. The summed E-state index contributed by atoms with van der Waals surface area (Å²) in [5.41, 5.74) is 6.61. The van der Waals surface area contributed by atoms with E-state index in [0.29, 0.717) is 29.7 Å². The van der Waals surface area contributed by atoms with Gasteiger partial charge in [-0.15, -0.1) is 10.2 Å². The second-order valence-electron chi connectivity index (χ2n) is 6.29. The first-order valence-electron chi connectivity index (χ1n) is 8.73. The highest BCUT2D eigenvalue weighted by Gasteiger charge is 2.15. The molecule has 0 radical (unpaired) electrons. The third-order valence-electron chi connectivity index (χ3n) is 4.24. The third-order valence-corrected chi connectivity index (χ3v) is 4.91. The molecule has 8 nitrogen and oxygen atoms in total. The Morgan fingerprint density at radius 2 is 2.18 bits per heavy atom. The molecule has 146 valence electrons. The molecule has 0 amide bonds. The maximum Gasteiger partial charge on any atom is 0.339 e. The first-order valence-corrected chi connectivity index (χ1v) is 9.81. The number of aromatic nitrogens is 4. The summed E-state index contributed by atoms with van der Waals surface area (Å²) in [5.74, 6) is 0.478. The molecular weight excluding hydrogens is 473 g/mol. The lowest BCUT2D eigenvalue weighted by Gasteiger charge is -2.16. The number of halogens is 1. The van der Waals surface area contributed by atoms with E-state index < -0.39 is 5.97 Å². The van der Waals surface area contributed by atoms with Crippen LogP contribution in [0.4, 0.5) is 5.82 Å². The number of carboxylic acid groups (broad SMARTS) is 1. The molecule has 0 saturated heterocycles. The van der Waals surface area contributed by atoms with Gasteiger partial charge in [-0.25, -0.2) is 9.78 Å². The van der Waals surface area contributed by atoms with E-state index in [-0.39, 0.29) is 11.6 Å². The van der Waals surface area contributed by atoms with Crippen LogP contribution in [-0.2, 0) is 0 Å². The molecule has 28 heavy (non-hydrogen) atoms. The fraction of sp³-hybridized carbons (Fsp3) is 0.263. The van der Waals surface area contributed by atoms with Crippen LogP contribution in [0.3, 0.4) is 0 Å². The van der Waals surface area contributed by atoms with E-state index in [1.807, 2.05) is 22.8 Å². The van der Waals surface area contributed by atoms with Crippen molar-refractivity contribution in [2.75, 3.05) is 12.3 Å². The number of aromatic carboxylic acids is 1. The molecular formula is C19H20IN5O3. The number of ether oxygens (including phenoxy) is 1. The minimum atomic E-state index is -0.995. The highest BCUT2D eigenvalue weighted by atomic mass is 127. The lowest BCUT2D eigenvalue weighted by atomic mass is 10.1. The SMILES string of the molecule is C[C@@H](CCCOc1ccc(I)cc1C(=O)O)n1cnnc1-c1cccc(N)n1. The van der Waals surface area contributed by atoms with Gasteiger partial charge in [-0.2, -0.15) is 0 Å². The molecule has 1 aromatic carbocycles. The Morgan fingerprint density at radius 1 is 1.36 bits per heavy atom. The van der Waals surface area contributed by atoms with Crippen LogP contribution in [0.15, 0.2) is 42.7 Å². The normalized spacial score (nSPS) is 11.9. The molecule has 1 atom stereocenters. The predicted octanol–water partition coefficient (Wildman–Crippen LogP) is 3.65. The fourth-order valence-electron chi connectivity index (χ4n) is 2.82. The molecule has 0 aliphatic carbocycles. The number of rotatable bonds is 8. The fourth-order valence-corrected chi connectivity index (χ4v) is 3.31. The standard InChI is InChI=1S/C19H20IN5O3/c1-12(25-11-22-24-18(25)15-5-2-6-17(21)23-15)4-3-9-28-16-8-7-13(20)10-14(16)19(26)27/h2,5-8,10-12H,3-4,9H2,1H3,(H2,21,23)(H,26,27)/t12-/m0/s1. The van der Waals surface area contributed by atoms with Crippen molar-refractivity contribution in [2.45, 2.75) is 25.8 Å². The summed E-state index contributed by atoms with van der Waals surface area (Å²) in [4.78, 5) is 15.7. The first-order chi connectivity index (χ1) is 13.5. The van der Waals surface area contributed by atoms with Crippen molar-refractivity contribution >= 4 is 34.4 Å². The second-order valence-corrected chi connectivity index (χ2v) is 7.54. The number of hydrogen-bond donors (Lipinski definition) is 2. The van der Waals surface area contributed by atoms with Crippen molar-refractivity contribution in [3.8, 4) is 17.3 Å². The number of nitrogen functional groups attached to an aromatic ring is 1. The summed E-state index contributed by atoms with van der Waals surface area (Å²) in [7, 11) is 0. The molecule has 0 saturated carbocycles. The summed E-state index contributed by atoms with van der Waals surface area (Å²) in [5, 5.41) is 17.5. The summed E-state index contributed by atoms with van der Waals surface area (Å²) in [6, 6.07) is 10.6. The molecule has 3 aromatic rings. The summed E-state index contributed by atoms with van der Waals surface area (Å²) >= 11 is 2.08. The first kappa shape index (κ1) is 20.1. The average Bonchev–Trinajstić information content (AvgIpc) is 3.16. The van der Waals surface area contributed by atoms with Crippen LogP contribution in [-0.4, -0.2) is 37.4 Å². The van der Waals surface area contributed by atoms with E-state index in [2.05, 4.69) is 44.7 Å². The van der Waals surface area contributed by atoms with Gasteiger partial charge in [-0.05, 0) is 72.7 Å². The van der Waals surface area contributed by atoms with E-state index >= 15 is 0 Å². The maximum absolute atomic E-state index is 11.4. The van der Waals surface area contributed by atoms with Crippen LogP contribution < -0.4 is 10.5 Å². The van der Waals surface area contributed by atoms with Crippen molar-refractivity contribution in [1.29, 1.82) is 0 Å². The van der Waals surface area contributed by atoms with Gasteiger partial charge < -0.3 is 20.1 Å². The Hall–Kier alpha value is -2.69. The number of benzene rings is 1. The van der Waals surface area contributed by atoms with Gasteiger partial charge in [0.25, 0.3) is 0 Å². The number of hydrogen-bond acceptors (Lipinski definition) is 6. The van der Waals surface area contributed by atoms with E-state index in [1.165, 1.54) is 0 Å². The van der Waals surface area contributed by atoms with E-state index in [0.717, 1.165) is 16.4 Å². The minimum absolute atomic E-state index is 0.118. The van der Waals surface area contributed by atoms with Crippen molar-refractivity contribution in [1.82, 2.24) is 19.7 Å². The minimum Gasteiger partial charge on any atom is -0.493 e. The van der Waals surface area contributed by atoms with E-state index in [4.69, 9.17) is 10.5 Å². The zero-order chi connectivity index (χ0) is 20.1. The number of carbonyl (C=O) groups is 1. The summed E-state index contributed by atoms with van der Waals surface area (Å²) in [6.45, 7) is 2.48. The molecule has 0 bridgehead atoms. The molecule has 3 N–H and O–H groups in total. The molecule has 2 aromatic heterocycles. The van der Waals surface area contributed by atoms with Gasteiger partial charge in [0.15, 0.2) is 5.82 Å². The van der Waals surface area contributed by atoms with Crippen LogP contribution in [0.1, 0.15) is 36.2 Å². The number of carboxylic acids is 1. The average molecular weight is 493 g/mol. The highest BCUT2D eigenvalue weighted by Crippen LogP contribution is 2.24. The van der Waals surface area contributed by atoms with E-state index in [9.17, 15) is 9.90 Å². The second kappa shape index (κ2) is 9.00. The van der Waals surface area contributed by atoms with Crippen molar-refractivity contribution in [3.05, 3.63) is 51.9 Å². The molecule has 3 rings (SSSR count). The van der Waals surface area contributed by atoms with Gasteiger partial charge in [0.1, 0.15) is 29.2 Å². The van der Waals surface area contributed by atoms with Crippen LogP contribution in [0.2, 0.25) is 0 Å². The summed E-state index contributed by atoms with van der Waals surface area (Å²) < 4.78 is 8.50. The number of anilines is 1. The lowest BCUT2D eigenvalue weighted by molar-refractivity contribution is 0.0692. The lowest BCUT2D eigenvalue weighted by Crippen LogP contribution is -2.10. The highest BCUT2D eigenvalue weighted by molar-refractivity contribution is 14.1. The Kier molecular flexibility index (Phi) is 6.45. The van der Waals surface area contributed by atoms with E-state index in [1.54, 1.807) is 24.5 Å². The van der Waals surface area contributed by atoms with Crippen LogP contribution in [0.25, 0.3) is 11.5 Å². The molecule has 0 aliphatic rings. The molecule has 0 fully saturated rings. The number of pyridine rings is 1. The smallest absolute Gasteiger partial charge is 0.339 e. The van der Waals surface area contributed by atoms with Gasteiger partial charge in [-0.1, -0.05) is 6.07 Å². The van der Waals surface area contributed by atoms with Crippen LogP contribution in [0, 0.1) is 3.57 Å². The molecule has 0 unspecified atom stereocenters. The van der Waals surface area contributed by atoms with Crippen molar-refractivity contribution in [3.63, 3.8) is 0 Å². The van der Waals surface area contributed by atoms with Gasteiger partial charge in [0, 0.05) is 9.61 Å². The number of nitrogens with two attached hydrogens (primary N) is 1. The molecule has 2 heterocycles. The molecule has 9 heteroatoms. The monoisotopic (exact) mass is 493 g/mol. The largest absolute Gasteiger partial charge is 0.493 e. The van der Waals surface area contributed by atoms with Gasteiger partial charge in [0.2, 0.25) is 0 Å². The van der Waals surface area contributed by atoms with Crippen molar-refractivity contribution < 1.29 is 14.6 Å². The Labute approximate surface area is 175 Å². The Balaban J connectivity index is 1.60. The maximum atomic E-state index is 11.4. The zero-order valence-electron chi connectivity index (χ0n) is 15.2. The summed E-state index contributed by atoms with van der Waals surface area (Å²) in [6.07, 6.45) is 3.22. The Morgan fingerprint density at radius 3 is 2.93 bits per heavy atom. The molecule has 0 aliphatic heterocycles. The van der Waals surface area contributed by atoms with Crippen LogP contribution in [0.5, 0.6) is 5.75 Å². The third kappa shape index (κ3) is 4.77. The van der Waals surface area contributed by atoms with Gasteiger partial charge in [0.05, 0.1) is 6.61 Å². The van der Waals surface area contributed by atoms with Gasteiger partial charge in [-0.3, -0.25) is 0 Å². The predicted molar refractivity (Wildman–Crippen MR) is 113 cm³/mol.